The van der Waals surface area contributed by atoms with Crippen LogP contribution in [0.4, 0.5) is 8.78 Å². The molecule has 0 amide bonds. The second-order valence-electron chi connectivity index (χ2n) is 5.25. The van der Waals surface area contributed by atoms with E-state index in [4.69, 9.17) is 0 Å². The first-order valence-electron chi connectivity index (χ1n) is 7.68. The van der Waals surface area contributed by atoms with Crippen LogP contribution in [0.1, 0.15) is 69.4 Å². The van der Waals surface area contributed by atoms with Crippen molar-refractivity contribution in [3.05, 3.63) is 35.1 Å². The van der Waals surface area contributed by atoms with Crippen LogP contribution in [0.25, 0.3) is 0 Å². The molecule has 0 radical (unpaired) electrons. The first kappa shape index (κ1) is 16.7. The van der Waals surface area contributed by atoms with Crippen LogP contribution in [-0.4, -0.2) is 0 Å². The highest BCUT2D eigenvalue weighted by Gasteiger charge is 2.02. The minimum Gasteiger partial charge on any atom is -0.207 e. The van der Waals surface area contributed by atoms with E-state index in [0.717, 1.165) is 19.3 Å². The molecule has 0 atom stereocenters. The van der Waals surface area contributed by atoms with Crippen molar-refractivity contribution in [3.8, 4) is 12.1 Å². The van der Waals surface area contributed by atoms with Gasteiger partial charge in [0.25, 0.3) is 0 Å². The molecule has 0 N–H and O–H groups in total. The summed E-state index contributed by atoms with van der Waals surface area (Å²) in [5.41, 5.74) is 1.10. The van der Waals surface area contributed by atoms with Gasteiger partial charge in [-0.2, -0.15) is 0 Å². The molecule has 0 aliphatic carbocycles. The van der Waals surface area contributed by atoms with Crippen molar-refractivity contribution < 1.29 is 8.78 Å². The zero-order valence-electron chi connectivity index (χ0n) is 12.4. The highest BCUT2D eigenvalue weighted by Crippen LogP contribution is 2.15. The Morgan fingerprint density at radius 1 is 0.950 bits per heavy atom. The number of halogens is 2. The summed E-state index contributed by atoms with van der Waals surface area (Å²) in [6.07, 6.45) is 12.0. The molecular formula is C18H24F2. The van der Waals surface area contributed by atoms with Gasteiger partial charge in [-0.1, -0.05) is 57.9 Å². The summed E-state index contributed by atoms with van der Waals surface area (Å²) < 4.78 is 25.5. The van der Waals surface area contributed by atoms with Crippen LogP contribution in [0.15, 0.2) is 18.2 Å². The third-order valence-corrected chi connectivity index (χ3v) is 3.54. The second-order valence-corrected chi connectivity index (χ2v) is 5.25. The predicted octanol–water partition coefficient (Wildman–Crippen LogP) is 5.79. The third kappa shape index (κ3) is 6.70. The highest BCUT2D eigenvalue weighted by atomic mass is 19.1. The van der Waals surface area contributed by atoms with Crippen LogP contribution in [0.3, 0.4) is 0 Å². The van der Waals surface area contributed by atoms with E-state index >= 15 is 0 Å². The fraction of sp³-hybridized carbons (Fsp3) is 0.556. The molecular weight excluding hydrogens is 254 g/mol. The molecule has 0 spiro atoms. The third-order valence-electron chi connectivity index (χ3n) is 3.54. The van der Waals surface area contributed by atoms with Crippen molar-refractivity contribution in [2.75, 3.05) is 0 Å². The van der Waals surface area contributed by atoms with Crippen molar-refractivity contribution >= 4 is 0 Å². The zero-order chi connectivity index (χ0) is 14.6. The summed E-state index contributed by atoms with van der Waals surface area (Å²) in [6, 6.07) is 4.71. The van der Waals surface area contributed by atoms with E-state index in [1.54, 1.807) is 12.1 Å². The summed E-state index contributed by atoms with van der Waals surface area (Å²) in [4.78, 5) is 0. The molecule has 0 heterocycles. The maximum atomic E-state index is 13.7. The molecule has 0 saturated carbocycles. The van der Waals surface area contributed by atoms with Crippen molar-refractivity contribution in [3.63, 3.8) is 0 Å². The second kappa shape index (κ2) is 10.4. The predicted molar refractivity (Wildman–Crippen MR) is 80.7 cm³/mol. The maximum absolute atomic E-state index is 13.7. The van der Waals surface area contributed by atoms with Gasteiger partial charge >= 0.3 is 0 Å². The lowest BCUT2D eigenvalue weighted by Crippen LogP contribution is -1.92. The van der Waals surface area contributed by atoms with Gasteiger partial charge in [-0.3, -0.25) is 0 Å². The largest absolute Gasteiger partial charge is 0.207 e. The number of rotatable bonds is 9. The smallest absolute Gasteiger partial charge is 0.127 e. The SMILES string of the molecule is CCCCCCCCCCc1ccc(C#CF)cc1F. The lowest BCUT2D eigenvalue weighted by Gasteiger charge is -2.04. The Labute approximate surface area is 121 Å². The molecule has 1 aromatic rings. The van der Waals surface area contributed by atoms with Crippen LogP contribution in [-0.2, 0) is 6.42 Å². The Morgan fingerprint density at radius 2 is 1.60 bits per heavy atom. The molecule has 20 heavy (non-hydrogen) atoms. The van der Waals surface area contributed by atoms with Crippen LogP contribution in [0.2, 0.25) is 0 Å². The molecule has 110 valence electrons. The topological polar surface area (TPSA) is 0 Å². The van der Waals surface area contributed by atoms with Gasteiger partial charge in [-0.05, 0) is 36.5 Å². The van der Waals surface area contributed by atoms with Crippen LogP contribution in [0.5, 0.6) is 0 Å². The standard InChI is InChI=1S/C18H24F2/c1-2-3-4-5-6-7-8-9-10-17-12-11-16(13-14-19)15-18(17)20/h11-12,15H,2-10H2,1H3. The first-order chi connectivity index (χ1) is 9.77. The van der Waals surface area contributed by atoms with E-state index in [1.165, 1.54) is 50.8 Å². The Bertz CT molecular complexity index is 440. The van der Waals surface area contributed by atoms with E-state index in [9.17, 15) is 8.78 Å². The quantitative estimate of drug-likeness (QED) is 0.396. The van der Waals surface area contributed by atoms with E-state index in [-0.39, 0.29) is 5.82 Å². The molecule has 0 unspecified atom stereocenters. The molecule has 0 bridgehead atoms. The Hall–Kier alpha value is -1.36. The summed E-state index contributed by atoms with van der Waals surface area (Å²) in [7, 11) is 0. The van der Waals surface area contributed by atoms with Gasteiger partial charge in [0.2, 0.25) is 0 Å². The lowest BCUT2D eigenvalue weighted by atomic mass is 10.0. The van der Waals surface area contributed by atoms with Crippen LogP contribution < -0.4 is 0 Å². The minimum absolute atomic E-state index is 0.270. The van der Waals surface area contributed by atoms with Crippen LogP contribution in [0, 0.1) is 17.9 Å². The molecule has 0 aromatic heterocycles. The molecule has 0 fully saturated rings. The van der Waals surface area contributed by atoms with Crippen LogP contribution >= 0.6 is 0 Å². The number of hydrogen-bond donors (Lipinski definition) is 0. The minimum atomic E-state index is -0.270. The van der Waals surface area contributed by atoms with Gasteiger partial charge in [0.1, 0.15) is 12.0 Å². The molecule has 0 saturated heterocycles. The van der Waals surface area contributed by atoms with Gasteiger partial charge in [-0.15, -0.1) is 4.39 Å². The molecule has 2 heteroatoms. The lowest BCUT2D eigenvalue weighted by molar-refractivity contribution is 0.564. The number of benzene rings is 1. The number of hydrogen-bond acceptors (Lipinski definition) is 0. The van der Waals surface area contributed by atoms with E-state index < -0.39 is 0 Å². The molecule has 1 aromatic carbocycles. The number of unbranched alkanes of at least 4 members (excludes halogenated alkanes) is 7. The van der Waals surface area contributed by atoms with E-state index in [0.29, 0.717) is 11.1 Å². The van der Waals surface area contributed by atoms with Gasteiger partial charge in [0.15, 0.2) is 0 Å². The van der Waals surface area contributed by atoms with E-state index in [2.05, 4.69) is 12.8 Å². The Morgan fingerprint density at radius 3 is 2.20 bits per heavy atom. The van der Waals surface area contributed by atoms with Gasteiger partial charge in [-0.25, -0.2) is 4.39 Å². The molecule has 0 nitrogen and oxygen atoms in total. The molecule has 1 rings (SSSR count). The van der Waals surface area contributed by atoms with Crippen molar-refractivity contribution in [1.29, 1.82) is 0 Å². The van der Waals surface area contributed by atoms with E-state index in [1.807, 2.05) is 0 Å². The Balaban J connectivity index is 2.20. The maximum Gasteiger partial charge on any atom is 0.127 e. The van der Waals surface area contributed by atoms with Gasteiger partial charge < -0.3 is 0 Å². The molecule has 0 aliphatic rings. The molecule has 0 aliphatic heterocycles. The van der Waals surface area contributed by atoms with Crippen molar-refractivity contribution in [2.45, 2.75) is 64.7 Å². The highest BCUT2D eigenvalue weighted by molar-refractivity contribution is 5.36. The van der Waals surface area contributed by atoms with Crippen molar-refractivity contribution in [1.82, 2.24) is 0 Å². The van der Waals surface area contributed by atoms with Crippen molar-refractivity contribution in [2.24, 2.45) is 0 Å². The normalized spacial score (nSPS) is 10.2. The number of aryl methyl sites for hydroxylation is 1. The summed E-state index contributed by atoms with van der Waals surface area (Å²) >= 11 is 0. The average molecular weight is 278 g/mol. The van der Waals surface area contributed by atoms with Gasteiger partial charge in [0, 0.05) is 5.56 Å². The zero-order valence-corrected chi connectivity index (χ0v) is 12.4. The monoisotopic (exact) mass is 278 g/mol. The summed E-state index contributed by atoms with van der Waals surface area (Å²) in [6.45, 7) is 2.22. The fourth-order valence-corrected chi connectivity index (χ4v) is 2.33. The Kier molecular flexibility index (Phi) is 8.71. The average Bonchev–Trinajstić information content (AvgIpc) is 2.44. The summed E-state index contributed by atoms with van der Waals surface area (Å²) in [5.74, 6) is 1.95. The fourth-order valence-electron chi connectivity index (χ4n) is 2.33. The van der Waals surface area contributed by atoms with Gasteiger partial charge in [0.05, 0.1) is 0 Å². The summed E-state index contributed by atoms with van der Waals surface area (Å²) in [5, 5.41) is 0. The first-order valence-corrected chi connectivity index (χ1v) is 7.68.